The molecule has 1 aromatic heterocycles. The highest BCUT2D eigenvalue weighted by atomic mass is 19.4. The smallest absolute Gasteiger partial charge is 0.396 e. The zero-order valence-electron chi connectivity index (χ0n) is 12.4. The lowest BCUT2D eigenvalue weighted by molar-refractivity contribution is -0.142. The van der Waals surface area contributed by atoms with E-state index in [2.05, 4.69) is 4.98 Å². The summed E-state index contributed by atoms with van der Waals surface area (Å²) in [7, 11) is 0. The molecule has 0 saturated heterocycles. The lowest BCUT2D eigenvalue weighted by Crippen LogP contribution is -2.15. The predicted octanol–water partition coefficient (Wildman–Crippen LogP) is 4.88. The van der Waals surface area contributed by atoms with Gasteiger partial charge in [-0.05, 0) is 23.8 Å². The molecule has 8 heteroatoms. The molecule has 1 aromatic carbocycles. The van der Waals surface area contributed by atoms with Crippen LogP contribution in [0.25, 0.3) is 11.3 Å². The van der Waals surface area contributed by atoms with Gasteiger partial charge in [0.2, 0.25) is 0 Å². The van der Waals surface area contributed by atoms with Gasteiger partial charge in [-0.2, -0.15) is 26.3 Å². The number of nitrogens with zero attached hydrogens (tertiary/aromatic N) is 1. The van der Waals surface area contributed by atoms with Crippen molar-refractivity contribution in [3.63, 3.8) is 0 Å². The lowest BCUT2D eigenvalue weighted by Gasteiger charge is -2.17. The van der Waals surface area contributed by atoms with Crippen LogP contribution >= 0.6 is 0 Å². The number of halogens is 6. The summed E-state index contributed by atoms with van der Waals surface area (Å²) in [5.41, 5.74) is -2.17. The molecule has 2 nitrogen and oxygen atoms in total. The maximum Gasteiger partial charge on any atom is 0.433 e. The average molecular weight is 349 g/mol. The molecule has 24 heavy (non-hydrogen) atoms. The van der Waals surface area contributed by atoms with Gasteiger partial charge >= 0.3 is 12.4 Å². The summed E-state index contributed by atoms with van der Waals surface area (Å²) < 4.78 is 77.1. The van der Waals surface area contributed by atoms with Crippen molar-refractivity contribution in [3.05, 3.63) is 53.2 Å². The maximum atomic E-state index is 13.2. The Morgan fingerprint density at radius 3 is 1.96 bits per heavy atom. The molecule has 2 rings (SSSR count). The predicted molar refractivity (Wildman–Crippen MR) is 75.2 cm³/mol. The highest BCUT2D eigenvalue weighted by molar-refractivity contribution is 5.60. The van der Waals surface area contributed by atoms with Crippen molar-refractivity contribution in [2.75, 3.05) is 6.61 Å². The summed E-state index contributed by atoms with van der Waals surface area (Å²) >= 11 is 0. The number of rotatable bonds is 3. The van der Waals surface area contributed by atoms with E-state index in [1.807, 2.05) is 0 Å². The molecule has 0 fully saturated rings. The van der Waals surface area contributed by atoms with E-state index in [4.69, 9.17) is 5.11 Å². The van der Waals surface area contributed by atoms with Crippen LogP contribution in [-0.2, 0) is 12.4 Å². The second kappa shape index (κ2) is 6.43. The monoisotopic (exact) mass is 349 g/mol. The van der Waals surface area contributed by atoms with E-state index in [1.165, 1.54) is 19.1 Å². The number of alkyl halides is 6. The molecular formula is C16H13F6NO. The first kappa shape index (κ1) is 18.3. The molecule has 0 aliphatic carbocycles. The molecule has 130 valence electrons. The summed E-state index contributed by atoms with van der Waals surface area (Å²) in [5, 5.41) is 9.07. The quantitative estimate of drug-likeness (QED) is 0.801. The van der Waals surface area contributed by atoms with E-state index < -0.39 is 36.1 Å². The van der Waals surface area contributed by atoms with Gasteiger partial charge in [0.15, 0.2) is 0 Å². The van der Waals surface area contributed by atoms with Crippen molar-refractivity contribution < 1.29 is 31.4 Å². The molecule has 1 N–H and O–H groups in total. The van der Waals surface area contributed by atoms with Crippen LogP contribution in [-0.4, -0.2) is 16.7 Å². The van der Waals surface area contributed by atoms with Crippen LogP contribution in [0.4, 0.5) is 26.3 Å². The number of aromatic nitrogens is 1. The Balaban J connectivity index is 2.49. The number of aliphatic hydroxyl groups excluding tert-OH is 1. The van der Waals surface area contributed by atoms with Gasteiger partial charge in [-0.3, -0.25) is 0 Å². The van der Waals surface area contributed by atoms with Crippen LogP contribution in [0.2, 0.25) is 0 Å². The molecule has 0 unspecified atom stereocenters. The Morgan fingerprint density at radius 1 is 0.917 bits per heavy atom. The molecule has 0 bridgehead atoms. The summed E-state index contributed by atoms with van der Waals surface area (Å²) in [6.45, 7) is 0.939. The summed E-state index contributed by atoms with van der Waals surface area (Å²) in [6.07, 6.45) is -9.26. The third-order valence-corrected chi connectivity index (χ3v) is 3.51. The fourth-order valence-corrected chi connectivity index (χ4v) is 2.18. The minimum absolute atomic E-state index is 0.0926. The van der Waals surface area contributed by atoms with Crippen molar-refractivity contribution >= 4 is 0 Å². The number of hydrogen-bond donors (Lipinski definition) is 1. The lowest BCUT2D eigenvalue weighted by atomic mass is 9.98. The van der Waals surface area contributed by atoms with E-state index in [-0.39, 0.29) is 16.8 Å². The average Bonchev–Trinajstić information content (AvgIpc) is 2.52. The van der Waals surface area contributed by atoms with Gasteiger partial charge in [0.1, 0.15) is 5.69 Å². The normalized spacial score (nSPS) is 13.8. The third kappa shape index (κ3) is 3.87. The maximum absolute atomic E-state index is 13.2. The fourth-order valence-electron chi connectivity index (χ4n) is 2.18. The van der Waals surface area contributed by atoms with Gasteiger partial charge in [0.05, 0.1) is 11.3 Å². The number of aliphatic hydroxyl groups is 1. The Bertz CT molecular complexity index is 706. The SMILES string of the molecule is C[C@@H](CO)c1ccc(-c2ccc(C(F)(F)F)cc2)nc1C(F)(F)F. The molecule has 1 atom stereocenters. The van der Waals surface area contributed by atoms with Crippen molar-refractivity contribution in [1.82, 2.24) is 4.98 Å². The highest BCUT2D eigenvalue weighted by Crippen LogP contribution is 2.36. The first-order valence-electron chi connectivity index (χ1n) is 6.90. The number of benzene rings is 1. The third-order valence-electron chi connectivity index (χ3n) is 3.51. The van der Waals surface area contributed by atoms with Gasteiger partial charge in [0.25, 0.3) is 0 Å². The van der Waals surface area contributed by atoms with E-state index in [9.17, 15) is 26.3 Å². The zero-order chi connectivity index (χ0) is 18.1. The van der Waals surface area contributed by atoms with E-state index in [0.717, 1.165) is 24.3 Å². The highest BCUT2D eigenvalue weighted by Gasteiger charge is 2.37. The first-order chi connectivity index (χ1) is 11.0. The summed E-state index contributed by atoms with van der Waals surface area (Å²) in [5.74, 6) is -0.768. The van der Waals surface area contributed by atoms with Crippen molar-refractivity contribution in [2.24, 2.45) is 0 Å². The Morgan fingerprint density at radius 2 is 1.50 bits per heavy atom. The van der Waals surface area contributed by atoms with Gasteiger partial charge < -0.3 is 5.11 Å². The van der Waals surface area contributed by atoms with Gasteiger partial charge in [0, 0.05) is 18.1 Å². The molecule has 0 aliphatic rings. The topological polar surface area (TPSA) is 33.1 Å². The zero-order valence-corrected chi connectivity index (χ0v) is 12.4. The van der Waals surface area contributed by atoms with Crippen LogP contribution in [0.5, 0.6) is 0 Å². The van der Waals surface area contributed by atoms with Crippen LogP contribution < -0.4 is 0 Å². The molecule has 0 saturated carbocycles. The van der Waals surface area contributed by atoms with Crippen molar-refractivity contribution in [1.29, 1.82) is 0 Å². The number of pyridine rings is 1. The molecule has 2 aromatic rings. The minimum Gasteiger partial charge on any atom is -0.396 e. The largest absolute Gasteiger partial charge is 0.433 e. The van der Waals surface area contributed by atoms with Crippen LogP contribution in [0.15, 0.2) is 36.4 Å². The van der Waals surface area contributed by atoms with Gasteiger partial charge in [-0.25, -0.2) is 4.98 Å². The van der Waals surface area contributed by atoms with Crippen LogP contribution in [0.1, 0.15) is 29.7 Å². The second-order valence-electron chi connectivity index (χ2n) is 5.29. The molecule has 0 amide bonds. The summed E-state index contributed by atoms with van der Waals surface area (Å²) in [6, 6.07) is 6.19. The summed E-state index contributed by atoms with van der Waals surface area (Å²) in [4.78, 5) is 3.56. The minimum atomic E-state index is -4.74. The Hall–Kier alpha value is -2.09. The van der Waals surface area contributed by atoms with Crippen LogP contribution in [0, 0.1) is 0 Å². The van der Waals surface area contributed by atoms with Crippen molar-refractivity contribution in [2.45, 2.75) is 25.2 Å². The molecule has 0 radical (unpaired) electrons. The van der Waals surface area contributed by atoms with E-state index in [1.54, 1.807) is 0 Å². The number of hydrogen-bond acceptors (Lipinski definition) is 2. The van der Waals surface area contributed by atoms with Crippen LogP contribution in [0.3, 0.4) is 0 Å². The standard InChI is InChI=1S/C16H13F6NO/c1-9(8-24)12-6-7-13(23-14(12)16(20,21)22)10-2-4-11(5-3-10)15(17,18)19/h2-7,9,24H,8H2,1H3/t9-/m0/s1. The molecular weight excluding hydrogens is 336 g/mol. The molecule has 1 heterocycles. The van der Waals surface area contributed by atoms with E-state index in [0.29, 0.717) is 0 Å². The fraction of sp³-hybridized carbons (Fsp3) is 0.312. The molecule has 0 aliphatic heterocycles. The van der Waals surface area contributed by atoms with Crippen molar-refractivity contribution in [3.8, 4) is 11.3 Å². The van der Waals surface area contributed by atoms with Gasteiger partial charge in [-0.15, -0.1) is 0 Å². The van der Waals surface area contributed by atoms with E-state index >= 15 is 0 Å². The van der Waals surface area contributed by atoms with Gasteiger partial charge in [-0.1, -0.05) is 25.1 Å². The molecule has 0 spiro atoms. The first-order valence-corrected chi connectivity index (χ1v) is 6.90. The Kier molecular flexibility index (Phi) is 4.89. The second-order valence-corrected chi connectivity index (χ2v) is 5.29. The Labute approximate surface area is 133 Å².